The van der Waals surface area contributed by atoms with E-state index >= 15 is 0 Å². The van der Waals surface area contributed by atoms with Crippen LogP contribution in [0.4, 0.5) is 0 Å². The zero-order chi connectivity index (χ0) is 11.1. The standard InChI is InChI=1S/C11H21NO3/c1-14-8-6-11(4-5-11)9-12-7-3-10(13)15-2/h12H,3-9H2,1-2H3. The molecule has 0 spiro atoms. The summed E-state index contributed by atoms with van der Waals surface area (Å²) in [6.45, 7) is 2.54. The summed E-state index contributed by atoms with van der Waals surface area (Å²) >= 11 is 0. The van der Waals surface area contributed by atoms with Gasteiger partial charge in [-0.25, -0.2) is 0 Å². The highest BCUT2D eigenvalue weighted by Gasteiger charge is 2.41. The van der Waals surface area contributed by atoms with E-state index in [0.29, 0.717) is 18.4 Å². The zero-order valence-electron chi connectivity index (χ0n) is 9.67. The SMILES string of the molecule is COCCC1(CNCCC(=O)OC)CC1. The van der Waals surface area contributed by atoms with Gasteiger partial charge in [0.25, 0.3) is 0 Å². The first-order valence-electron chi connectivity index (χ1n) is 5.49. The Bertz CT molecular complexity index is 202. The van der Waals surface area contributed by atoms with Crippen molar-refractivity contribution in [2.75, 3.05) is 33.9 Å². The maximum atomic E-state index is 10.8. The molecule has 0 aliphatic heterocycles. The summed E-state index contributed by atoms with van der Waals surface area (Å²) in [5.41, 5.74) is 0.451. The lowest BCUT2D eigenvalue weighted by atomic mass is 10.0. The Hall–Kier alpha value is -0.610. The molecule has 1 fully saturated rings. The molecular formula is C11H21NO3. The quantitative estimate of drug-likeness (QED) is 0.484. The normalized spacial score (nSPS) is 17.5. The summed E-state index contributed by atoms with van der Waals surface area (Å²) < 4.78 is 9.64. The highest BCUT2D eigenvalue weighted by Crippen LogP contribution is 2.48. The summed E-state index contributed by atoms with van der Waals surface area (Å²) in [7, 11) is 3.16. The van der Waals surface area contributed by atoms with Gasteiger partial charge < -0.3 is 14.8 Å². The number of nitrogens with one attached hydrogen (secondary N) is 1. The maximum Gasteiger partial charge on any atom is 0.306 e. The highest BCUT2D eigenvalue weighted by atomic mass is 16.5. The molecule has 1 aliphatic rings. The van der Waals surface area contributed by atoms with E-state index in [2.05, 4.69) is 10.1 Å². The molecule has 1 aliphatic carbocycles. The fraction of sp³-hybridized carbons (Fsp3) is 0.909. The molecule has 4 heteroatoms. The number of rotatable bonds is 8. The van der Waals surface area contributed by atoms with Crippen molar-refractivity contribution in [1.29, 1.82) is 0 Å². The average molecular weight is 215 g/mol. The van der Waals surface area contributed by atoms with Crippen LogP contribution >= 0.6 is 0 Å². The van der Waals surface area contributed by atoms with Crippen LogP contribution in [0.1, 0.15) is 25.7 Å². The Morgan fingerprint density at radius 1 is 1.40 bits per heavy atom. The van der Waals surface area contributed by atoms with Gasteiger partial charge >= 0.3 is 5.97 Å². The first-order valence-corrected chi connectivity index (χ1v) is 5.49. The van der Waals surface area contributed by atoms with Gasteiger partial charge in [-0.05, 0) is 24.7 Å². The van der Waals surface area contributed by atoms with Gasteiger partial charge in [0.1, 0.15) is 0 Å². The number of hydrogen-bond donors (Lipinski definition) is 1. The molecule has 0 bridgehead atoms. The van der Waals surface area contributed by atoms with Crippen LogP contribution in [0.3, 0.4) is 0 Å². The lowest BCUT2D eigenvalue weighted by Crippen LogP contribution is -2.27. The number of esters is 1. The molecule has 0 aromatic heterocycles. The molecule has 0 radical (unpaired) electrons. The summed E-state index contributed by atoms with van der Waals surface area (Å²) in [5, 5.41) is 3.31. The molecule has 1 rings (SSSR count). The van der Waals surface area contributed by atoms with Gasteiger partial charge in [-0.2, -0.15) is 0 Å². The number of hydrogen-bond acceptors (Lipinski definition) is 4. The van der Waals surface area contributed by atoms with Gasteiger partial charge in [0.15, 0.2) is 0 Å². The van der Waals surface area contributed by atoms with Crippen LogP contribution in [0.5, 0.6) is 0 Å². The monoisotopic (exact) mass is 215 g/mol. The molecule has 0 aromatic carbocycles. The molecule has 0 saturated heterocycles. The summed E-state index contributed by atoms with van der Waals surface area (Å²) in [6.07, 6.45) is 4.13. The van der Waals surface area contributed by atoms with Crippen molar-refractivity contribution < 1.29 is 14.3 Å². The summed E-state index contributed by atoms with van der Waals surface area (Å²) in [4.78, 5) is 10.8. The minimum Gasteiger partial charge on any atom is -0.469 e. The summed E-state index contributed by atoms with van der Waals surface area (Å²) in [6, 6.07) is 0. The Morgan fingerprint density at radius 2 is 2.13 bits per heavy atom. The van der Waals surface area contributed by atoms with Crippen molar-refractivity contribution in [2.24, 2.45) is 5.41 Å². The van der Waals surface area contributed by atoms with Gasteiger partial charge in [0, 0.05) is 26.8 Å². The van der Waals surface area contributed by atoms with Crippen molar-refractivity contribution >= 4 is 5.97 Å². The van der Waals surface area contributed by atoms with Crippen molar-refractivity contribution in [1.82, 2.24) is 5.32 Å². The minimum atomic E-state index is -0.149. The van der Waals surface area contributed by atoms with Crippen molar-refractivity contribution in [3.8, 4) is 0 Å². The van der Waals surface area contributed by atoms with Gasteiger partial charge in [0.2, 0.25) is 0 Å². The Kier molecular flexibility index (Phi) is 5.05. The van der Waals surface area contributed by atoms with Crippen molar-refractivity contribution in [2.45, 2.75) is 25.7 Å². The predicted octanol–water partition coefficient (Wildman–Crippen LogP) is 0.956. The third-order valence-corrected chi connectivity index (χ3v) is 3.03. The van der Waals surface area contributed by atoms with E-state index < -0.39 is 0 Å². The smallest absolute Gasteiger partial charge is 0.306 e. The zero-order valence-corrected chi connectivity index (χ0v) is 9.67. The molecule has 0 heterocycles. The Labute approximate surface area is 91.3 Å². The van der Waals surface area contributed by atoms with E-state index in [1.165, 1.54) is 20.0 Å². The van der Waals surface area contributed by atoms with Gasteiger partial charge in [-0.3, -0.25) is 4.79 Å². The Morgan fingerprint density at radius 3 is 2.67 bits per heavy atom. The van der Waals surface area contributed by atoms with E-state index in [4.69, 9.17) is 4.74 Å². The maximum absolute atomic E-state index is 10.8. The molecule has 1 N–H and O–H groups in total. The van der Waals surface area contributed by atoms with Crippen LogP contribution in [-0.2, 0) is 14.3 Å². The van der Waals surface area contributed by atoms with Crippen LogP contribution in [0, 0.1) is 5.41 Å². The van der Waals surface area contributed by atoms with Gasteiger partial charge in [0.05, 0.1) is 13.5 Å². The van der Waals surface area contributed by atoms with Crippen LogP contribution in [0.15, 0.2) is 0 Å². The van der Waals surface area contributed by atoms with E-state index in [1.807, 2.05) is 0 Å². The van der Waals surface area contributed by atoms with Gasteiger partial charge in [-0.15, -0.1) is 0 Å². The minimum absolute atomic E-state index is 0.149. The average Bonchev–Trinajstić information content (AvgIpc) is 3.02. The number of carbonyl (C=O) groups is 1. The van der Waals surface area contributed by atoms with E-state index in [1.54, 1.807) is 7.11 Å². The fourth-order valence-electron chi connectivity index (χ4n) is 1.66. The second-order valence-corrected chi connectivity index (χ2v) is 4.25. The van der Waals surface area contributed by atoms with Gasteiger partial charge in [-0.1, -0.05) is 0 Å². The fourth-order valence-corrected chi connectivity index (χ4v) is 1.66. The highest BCUT2D eigenvalue weighted by molar-refractivity contribution is 5.69. The molecule has 0 amide bonds. The second kappa shape index (κ2) is 6.08. The van der Waals surface area contributed by atoms with E-state index in [-0.39, 0.29) is 5.97 Å². The number of carbonyl (C=O) groups excluding carboxylic acids is 1. The third-order valence-electron chi connectivity index (χ3n) is 3.03. The summed E-state index contributed by atoms with van der Waals surface area (Å²) in [5.74, 6) is -0.149. The first-order chi connectivity index (χ1) is 7.22. The molecule has 0 unspecified atom stereocenters. The lowest BCUT2D eigenvalue weighted by Gasteiger charge is -2.14. The molecule has 88 valence electrons. The molecule has 0 aromatic rings. The Balaban J connectivity index is 2.02. The van der Waals surface area contributed by atoms with Crippen molar-refractivity contribution in [3.63, 3.8) is 0 Å². The largest absolute Gasteiger partial charge is 0.469 e. The lowest BCUT2D eigenvalue weighted by molar-refractivity contribution is -0.140. The molecule has 1 saturated carbocycles. The molecular weight excluding hydrogens is 194 g/mol. The van der Waals surface area contributed by atoms with Crippen molar-refractivity contribution in [3.05, 3.63) is 0 Å². The van der Waals surface area contributed by atoms with Crippen LogP contribution < -0.4 is 5.32 Å². The molecule has 4 nitrogen and oxygen atoms in total. The first kappa shape index (κ1) is 12.5. The number of ether oxygens (including phenoxy) is 2. The van der Waals surface area contributed by atoms with Crippen LogP contribution in [0.2, 0.25) is 0 Å². The topological polar surface area (TPSA) is 47.6 Å². The van der Waals surface area contributed by atoms with E-state index in [9.17, 15) is 4.79 Å². The van der Waals surface area contributed by atoms with Crippen LogP contribution in [0.25, 0.3) is 0 Å². The van der Waals surface area contributed by atoms with Crippen LogP contribution in [-0.4, -0.2) is 39.9 Å². The number of methoxy groups -OCH3 is 2. The predicted molar refractivity (Wildman–Crippen MR) is 57.7 cm³/mol. The second-order valence-electron chi connectivity index (χ2n) is 4.25. The third kappa shape index (κ3) is 4.62. The van der Waals surface area contributed by atoms with E-state index in [0.717, 1.165) is 19.6 Å². The molecule has 15 heavy (non-hydrogen) atoms. The molecule has 0 atom stereocenters.